The largest absolute Gasteiger partial charge is 0.368 e. The Morgan fingerprint density at radius 3 is 2.37 bits per heavy atom. The number of carbonyl (C=O) groups is 2. The Bertz CT molecular complexity index is 995. The van der Waals surface area contributed by atoms with E-state index in [4.69, 9.17) is 0 Å². The smallest absolute Gasteiger partial charge is 0.270 e. The average molecular weight is 408 g/mol. The maximum absolute atomic E-state index is 13.1. The standard InChI is InChI=1S/C23H25FN4O2/c1-16-3-4-17(2)21(15-16)28-22(29)10-9-20(25-28)23(30)27-13-11-26(12-14-27)19-7-5-18(24)6-8-19/h3-8,15H,9-14H2,1-2H3. The molecule has 2 aromatic rings. The number of hydrazone groups is 1. The van der Waals surface area contributed by atoms with E-state index in [1.165, 1.54) is 17.1 Å². The predicted molar refractivity (Wildman–Crippen MR) is 115 cm³/mol. The first-order chi connectivity index (χ1) is 14.4. The molecule has 1 saturated heterocycles. The summed E-state index contributed by atoms with van der Waals surface area (Å²) in [6.07, 6.45) is 0.630. The molecule has 0 bridgehead atoms. The SMILES string of the molecule is Cc1ccc(C)c(N2N=C(C(=O)N3CCN(c4ccc(F)cc4)CC3)CCC2=O)c1. The number of rotatable bonds is 3. The average Bonchev–Trinajstić information content (AvgIpc) is 2.76. The highest BCUT2D eigenvalue weighted by atomic mass is 19.1. The van der Waals surface area contributed by atoms with Gasteiger partial charge in [-0.2, -0.15) is 5.10 Å². The third kappa shape index (κ3) is 4.06. The van der Waals surface area contributed by atoms with Crippen molar-refractivity contribution in [1.82, 2.24) is 4.90 Å². The minimum absolute atomic E-state index is 0.0959. The van der Waals surface area contributed by atoms with Crippen LogP contribution in [0.5, 0.6) is 0 Å². The molecule has 0 spiro atoms. The van der Waals surface area contributed by atoms with Gasteiger partial charge >= 0.3 is 0 Å². The summed E-state index contributed by atoms with van der Waals surface area (Å²) in [5.41, 5.74) is 4.08. The fourth-order valence-electron chi connectivity index (χ4n) is 3.85. The maximum atomic E-state index is 13.1. The number of hydrogen-bond donors (Lipinski definition) is 0. The van der Waals surface area contributed by atoms with Crippen LogP contribution in [0.25, 0.3) is 0 Å². The molecule has 30 heavy (non-hydrogen) atoms. The normalized spacial score (nSPS) is 17.2. The highest BCUT2D eigenvalue weighted by molar-refractivity contribution is 6.40. The van der Waals surface area contributed by atoms with E-state index in [0.717, 1.165) is 22.5 Å². The molecule has 0 unspecified atom stereocenters. The van der Waals surface area contributed by atoms with Crippen LogP contribution in [-0.2, 0) is 9.59 Å². The van der Waals surface area contributed by atoms with Crippen molar-refractivity contribution in [2.75, 3.05) is 36.1 Å². The Labute approximate surface area is 175 Å². The first-order valence-electron chi connectivity index (χ1n) is 10.2. The summed E-state index contributed by atoms with van der Waals surface area (Å²) in [4.78, 5) is 29.5. The molecule has 4 rings (SSSR count). The summed E-state index contributed by atoms with van der Waals surface area (Å²) < 4.78 is 13.1. The van der Waals surface area contributed by atoms with Gasteiger partial charge in [0.25, 0.3) is 5.91 Å². The third-order valence-corrected chi connectivity index (χ3v) is 5.63. The Kier molecular flexibility index (Phi) is 5.53. The lowest BCUT2D eigenvalue weighted by Gasteiger charge is -2.36. The van der Waals surface area contributed by atoms with E-state index in [9.17, 15) is 14.0 Å². The molecule has 0 saturated carbocycles. The number of amides is 2. The number of benzene rings is 2. The third-order valence-electron chi connectivity index (χ3n) is 5.63. The van der Waals surface area contributed by atoms with E-state index < -0.39 is 0 Å². The van der Waals surface area contributed by atoms with Crippen molar-refractivity contribution in [1.29, 1.82) is 0 Å². The first kappa shape index (κ1) is 20.1. The zero-order valence-corrected chi connectivity index (χ0v) is 17.3. The molecule has 6 nitrogen and oxygen atoms in total. The summed E-state index contributed by atoms with van der Waals surface area (Å²) >= 11 is 0. The minimum atomic E-state index is -0.258. The van der Waals surface area contributed by atoms with Gasteiger partial charge in [-0.05, 0) is 55.3 Å². The highest BCUT2D eigenvalue weighted by Crippen LogP contribution is 2.26. The number of carbonyl (C=O) groups excluding carboxylic acids is 2. The molecule has 156 valence electrons. The number of anilines is 2. The Balaban J connectivity index is 1.47. The van der Waals surface area contributed by atoms with Crippen molar-refractivity contribution in [3.8, 4) is 0 Å². The van der Waals surface area contributed by atoms with Crippen LogP contribution in [0.4, 0.5) is 15.8 Å². The molecule has 2 amide bonds. The number of hydrogen-bond acceptors (Lipinski definition) is 4. The van der Waals surface area contributed by atoms with E-state index in [-0.39, 0.29) is 24.1 Å². The van der Waals surface area contributed by atoms with Gasteiger partial charge in [-0.15, -0.1) is 0 Å². The van der Waals surface area contributed by atoms with E-state index in [2.05, 4.69) is 10.0 Å². The van der Waals surface area contributed by atoms with Gasteiger partial charge in [-0.25, -0.2) is 9.40 Å². The number of halogens is 1. The molecule has 2 aliphatic heterocycles. The van der Waals surface area contributed by atoms with Gasteiger partial charge in [0.15, 0.2) is 0 Å². The zero-order chi connectivity index (χ0) is 21.3. The summed E-state index contributed by atoms with van der Waals surface area (Å²) in [6, 6.07) is 12.3. The van der Waals surface area contributed by atoms with Crippen LogP contribution in [0.15, 0.2) is 47.6 Å². The molecule has 0 N–H and O–H groups in total. The first-order valence-corrected chi connectivity index (χ1v) is 10.2. The van der Waals surface area contributed by atoms with Gasteiger partial charge in [0.1, 0.15) is 11.5 Å². The summed E-state index contributed by atoms with van der Waals surface area (Å²) in [5.74, 6) is -0.469. The molecule has 2 aromatic carbocycles. The van der Waals surface area contributed by atoms with Crippen LogP contribution < -0.4 is 9.91 Å². The van der Waals surface area contributed by atoms with Crippen molar-refractivity contribution in [3.05, 3.63) is 59.4 Å². The van der Waals surface area contributed by atoms with Gasteiger partial charge in [-0.1, -0.05) is 12.1 Å². The maximum Gasteiger partial charge on any atom is 0.270 e. The quantitative estimate of drug-likeness (QED) is 0.783. The Morgan fingerprint density at radius 1 is 0.967 bits per heavy atom. The fourth-order valence-corrected chi connectivity index (χ4v) is 3.85. The lowest BCUT2D eigenvalue weighted by Crippen LogP contribution is -2.51. The van der Waals surface area contributed by atoms with E-state index in [1.807, 2.05) is 32.0 Å². The molecule has 1 fully saturated rings. The van der Waals surface area contributed by atoms with Crippen LogP contribution in [0.2, 0.25) is 0 Å². The second kappa shape index (κ2) is 8.26. The van der Waals surface area contributed by atoms with E-state index in [0.29, 0.717) is 38.3 Å². The number of nitrogens with zero attached hydrogens (tertiary/aromatic N) is 4. The molecule has 0 aliphatic carbocycles. The number of piperazine rings is 1. The van der Waals surface area contributed by atoms with Gasteiger partial charge < -0.3 is 9.80 Å². The summed E-state index contributed by atoms with van der Waals surface area (Å²) in [6.45, 7) is 6.37. The van der Waals surface area contributed by atoms with Crippen LogP contribution in [0, 0.1) is 19.7 Å². The zero-order valence-electron chi connectivity index (χ0n) is 17.3. The fraction of sp³-hybridized carbons (Fsp3) is 0.348. The van der Waals surface area contributed by atoms with Crippen molar-refractivity contribution >= 4 is 28.9 Å². The predicted octanol–water partition coefficient (Wildman–Crippen LogP) is 3.27. The van der Waals surface area contributed by atoms with E-state index >= 15 is 0 Å². The van der Waals surface area contributed by atoms with Crippen LogP contribution in [0.1, 0.15) is 24.0 Å². The van der Waals surface area contributed by atoms with Crippen molar-refractivity contribution < 1.29 is 14.0 Å². The molecule has 0 aromatic heterocycles. The van der Waals surface area contributed by atoms with Crippen molar-refractivity contribution in [2.24, 2.45) is 5.10 Å². The highest BCUT2D eigenvalue weighted by Gasteiger charge is 2.30. The molecule has 2 heterocycles. The van der Waals surface area contributed by atoms with E-state index in [1.54, 1.807) is 17.0 Å². The molecule has 0 radical (unpaired) electrons. The molecular formula is C23H25FN4O2. The Hall–Kier alpha value is -3.22. The second-order valence-electron chi connectivity index (χ2n) is 7.80. The van der Waals surface area contributed by atoms with Gasteiger partial charge in [0, 0.05) is 44.7 Å². The van der Waals surface area contributed by atoms with Gasteiger partial charge in [-0.3, -0.25) is 9.59 Å². The summed E-state index contributed by atoms with van der Waals surface area (Å²) in [5, 5.41) is 5.83. The Morgan fingerprint density at radius 2 is 1.67 bits per heavy atom. The molecule has 2 aliphatic rings. The van der Waals surface area contributed by atoms with Gasteiger partial charge in [0.05, 0.1) is 5.69 Å². The lowest BCUT2D eigenvalue weighted by atomic mass is 10.1. The van der Waals surface area contributed by atoms with Gasteiger partial charge in [0.2, 0.25) is 5.91 Å². The summed E-state index contributed by atoms with van der Waals surface area (Å²) in [7, 11) is 0. The van der Waals surface area contributed by atoms with Crippen LogP contribution in [-0.4, -0.2) is 48.6 Å². The lowest BCUT2D eigenvalue weighted by molar-refractivity contribution is -0.124. The second-order valence-corrected chi connectivity index (χ2v) is 7.80. The van der Waals surface area contributed by atoms with Crippen LogP contribution >= 0.6 is 0 Å². The number of aryl methyl sites for hydroxylation is 2. The monoisotopic (exact) mass is 408 g/mol. The molecular weight excluding hydrogens is 383 g/mol. The van der Waals surface area contributed by atoms with Crippen molar-refractivity contribution in [3.63, 3.8) is 0 Å². The topological polar surface area (TPSA) is 56.2 Å². The molecule has 0 atom stereocenters. The van der Waals surface area contributed by atoms with Crippen LogP contribution in [0.3, 0.4) is 0 Å². The minimum Gasteiger partial charge on any atom is -0.368 e. The molecule has 7 heteroatoms. The van der Waals surface area contributed by atoms with Crippen molar-refractivity contribution in [2.45, 2.75) is 26.7 Å².